The molecule has 0 radical (unpaired) electrons. The second-order valence-electron chi connectivity index (χ2n) is 5.31. The molecule has 2 aromatic rings. The molecule has 0 spiro atoms. The highest BCUT2D eigenvalue weighted by Crippen LogP contribution is 2.40. The van der Waals surface area contributed by atoms with E-state index in [-0.39, 0.29) is 0 Å². The van der Waals surface area contributed by atoms with Crippen molar-refractivity contribution in [2.24, 2.45) is 11.7 Å². The van der Waals surface area contributed by atoms with Crippen molar-refractivity contribution in [2.45, 2.75) is 38.3 Å². The Labute approximate surface area is 131 Å². The summed E-state index contributed by atoms with van der Waals surface area (Å²) in [4.78, 5) is 22.7. The van der Waals surface area contributed by atoms with E-state index in [1.165, 1.54) is 16.9 Å². The van der Waals surface area contributed by atoms with Crippen LogP contribution >= 0.6 is 23.1 Å². The van der Waals surface area contributed by atoms with Crippen LogP contribution < -0.4 is 11.1 Å². The van der Waals surface area contributed by atoms with Crippen molar-refractivity contribution < 1.29 is 4.79 Å². The van der Waals surface area contributed by atoms with E-state index in [4.69, 9.17) is 5.73 Å². The number of fused-ring (bicyclic) bond motifs is 3. The van der Waals surface area contributed by atoms with Gasteiger partial charge in [-0.2, -0.15) is 0 Å². The zero-order valence-corrected chi connectivity index (χ0v) is 13.7. The van der Waals surface area contributed by atoms with Crippen molar-refractivity contribution in [2.75, 3.05) is 11.1 Å². The lowest BCUT2D eigenvalue weighted by atomic mass is 9.89. The maximum atomic E-state index is 11.3. The molecule has 2 amide bonds. The Hall–Kier alpha value is -1.34. The number of nitrogens with two attached hydrogens (primary N) is 1. The Bertz CT molecular complexity index is 698. The van der Waals surface area contributed by atoms with Crippen LogP contribution in [0.1, 0.15) is 30.7 Å². The summed E-state index contributed by atoms with van der Waals surface area (Å²) in [7, 11) is 0. The number of nitrogens with zero attached hydrogens (tertiary/aromatic N) is 2. The number of aromatic nitrogens is 2. The molecule has 0 bridgehead atoms. The highest BCUT2D eigenvalue weighted by Gasteiger charge is 2.24. The molecule has 3 N–H and O–H groups in total. The van der Waals surface area contributed by atoms with E-state index in [1.54, 1.807) is 23.1 Å². The van der Waals surface area contributed by atoms with Gasteiger partial charge in [0.25, 0.3) is 0 Å². The van der Waals surface area contributed by atoms with Gasteiger partial charge < -0.3 is 5.73 Å². The van der Waals surface area contributed by atoms with Gasteiger partial charge in [-0.15, -0.1) is 11.3 Å². The minimum absolute atomic E-state index is 0.565. The third-order valence-corrected chi connectivity index (χ3v) is 5.53. The van der Waals surface area contributed by atoms with Crippen molar-refractivity contribution in [1.82, 2.24) is 9.97 Å². The molecule has 1 aliphatic carbocycles. The predicted octanol–water partition coefficient (Wildman–Crippen LogP) is 3.42. The van der Waals surface area contributed by atoms with E-state index < -0.39 is 6.03 Å². The molecule has 0 aliphatic heterocycles. The molecule has 21 heavy (non-hydrogen) atoms. The number of hydrogen-bond donors (Lipinski definition) is 2. The number of rotatable bonds is 3. The van der Waals surface area contributed by atoms with Gasteiger partial charge in [-0.3, -0.25) is 5.32 Å². The average molecular weight is 322 g/mol. The lowest BCUT2D eigenvalue weighted by Crippen LogP contribution is -2.20. The van der Waals surface area contributed by atoms with E-state index in [1.807, 2.05) is 0 Å². The number of carbonyl (C=O) groups is 1. The van der Waals surface area contributed by atoms with Gasteiger partial charge in [-0.1, -0.05) is 25.6 Å². The van der Waals surface area contributed by atoms with Gasteiger partial charge in [0.1, 0.15) is 10.6 Å². The number of urea groups is 1. The first kappa shape index (κ1) is 14.6. The first-order valence-corrected chi connectivity index (χ1v) is 8.90. The fourth-order valence-electron chi connectivity index (χ4n) is 2.72. The Morgan fingerprint density at radius 2 is 2.33 bits per heavy atom. The van der Waals surface area contributed by atoms with Gasteiger partial charge in [-0.05, 0) is 36.5 Å². The highest BCUT2D eigenvalue weighted by molar-refractivity contribution is 7.99. The Kier molecular flexibility index (Phi) is 4.03. The van der Waals surface area contributed by atoms with Crippen LogP contribution in [0.4, 0.5) is 10.6 Å². The minimum atomic E-state index is -0.577. The van der Waals surface area contributed by atoms with Crippen molar-refractivity contribution in [3.63, 3.8) is 0 Å². The molecular formula is C14H18N4OS2. The van der Waals surface area contributed by atoms with E-state index in [0.29, 0.717) is 16.9 Å². The summed E-state index contributed by atoms with van der Waals surface area (Å²) < 4.78 is 0. The van der Waals surface area contributed by atoms with Crippen LogP contribution in [-0.2, 0) is 12.8 Å². The molecule has 2 heterocycles. The maximum Gasteiger partial charge on any atom is 0.317 e. The molecule has 1 unspecified atom stereocenters. The number of primary amides is 1. The number of nitrogens with one attached hydrogen (secondary N) is 1. The molecule has 112 valence electrons. The fourth-order valence-corrected chi connectivity index (χ4v) is 4.73. The predicted molar refractivity (Wildman–Crippen MR) is 88.2 cm³/mol. The van der Waals surface area contributed by atoms with Crippen molar-refractivity contribution >= 4 is 45.2 Å². The van der Waals surface area contributed by atoms with Gasteiger partial charge in [0, 0.05) is 4.88 Å². The molecule has 0 aromatic carbocycles. The summed E-state index contributed by atoms with van der Waals surface area (Å²) in [5.41, 5.74) is 6.59. The zero-order chi connectivity index (χ0) is 15.0. The van der Waals surface area contributed by atoms with Crippen molar-refractivity contribution in [3.05, 3.63) is 10.4 Å². The zero-order valence-electron chi connectivity index (χ0n) is 12.1. The largest absolute Gasteiger partial charge is 0.351 e. The Morgan fingerprint density at radius 3 is 3.05 bits per heavy atom. The Morgan fingerprint density at radius 1 is 1.52 bits per heavy atom. The fraction of sp³-hybridized carbons (Fsp3) is 0.500. The molecule has 2 aromatic heterocycles. The molecule has 7 heteroatoms. The van der Waals surface area contributed by atoms with E-state index in [0.717, 1.165) is 28.8 Å². The summed E-state index contributed by atoms with van der Waals surface area (Å²) in [5, 5.41) is 4.36. The first-order chi connectivity index (χ1) is 10.1. The lowest BCUT2D eigenvalue weighted by molar-refractivity contribution is 0.259. The third kappa shape index (κ3) is 2.85. The summed E-state index contributed by atoms with van der Waals surface area (Å²) in [5.74, 6) is 2.16. The third-order valence-electron chi connectivity index (χ3n) is 3.65. The molecular weight excluding hydrogens is 304 g/mol. The number of thiophene rings is 1. The summed E-state index contributed by atoms with van der Waals surface area (Å²) in [6, 6.07) is -0.577. The molecule has 1 atom stereocenters. The topological polar surface area (TPSA) is 80.9 Å². The van der Waals surface area contributed by atoms with Gasteiger partial charge in [0.05, 0.1) is 5.39 Å². The average Bonchev–Trinajstić information content (AvgIpc) is 2.75. The Balaban J connectivity index is 2.17. The smallest absolute Gasteiger partial charge is 0.317 e. The van der Waals surface area contributed by atoms with Crippen LogP contribution in [0.2, 0.25) is 0 Å². The van der Waals surface area contributed by atoms with Gasteiger partial charge >= 0.3 is 6.03 Å². The van der Waals surface area contributed by atoms with Gasteiger partial charge in [0.15, 0.2) is 5.16 Å². The van der Waals surface area contributed by atoms with Crippen LogP contribution in [0.15, 0.2) is 5.16 Å². The van der Waals surface area contributed by atoms with Crippen LogP contribution in [-0.4, -0.2) is 21.8 Å². The monoisotopic (exact) mass is 322 g/mol. The van der Waals surface area contributed by atoms with Crippen LogP contribution in [0.25, 0.3) is 10.2 Å². The number of carbonyl (C=O) groups excluding carboxylic acids is 1. The van der Waals surface area contributed by atoms with E-state index >= 15 is 0 Å². The number of hydrogen-bond acceptors (Lipinski definition) is 5. The number of amides is 2. The van der Waals surface area contributed by atoms with Crippen molar-refractivity contribution in [3.8, 4) is 0 Å². The molecule has 0 saturated heterocycles. The number of anilines is 1. The first-order valence-electron chi connectivity index (χ1n) is 7.10. The van der Waals surface area contributed by atoms with Crippen LogP contribution in [0.5, 0.6) is 0 Å². The standard InChI is InChI=1S/C14H18N4OS2/c1-3-20-14-17-11(16-13(15)19)10-8-5-4-7(2)6-9(8)21-12(10)18-14/h7H,3-6H2,1-2H3,(H3,15,16,17,18,19). The van der Waals surface area contributed by atoms with Crippen LogP contribution in [0.3, 0.4) is 0 Å². The number of thioether (sulfide) groups is 1. The quantitative estimate of drug-likeness (QED) is 0.670. The normalized spacial score (nSPS) is 17.7. The SMILES string of the molecule is CCSc1nc(NC(N)=O)c2c3c(sc2n1)CC(C)CC3. The summed E-state index contributed by atoms with van der Waals surface area (Å²) >= 11 is 3.30. The molecule has 5 nitrogen and oxygen atoms in total. The second kappa shape index (κ2) is 5.81. The molecule has 1 aliphatic rings. The van der Waals surface area contributed by atoms with Crippen molar-refractivity contribution in [1.29, 1.82) is 0 Å². The second-order valence-corrected chi connectivity index (χ2v) is 7.62. The lowest BCUT2D eigenvalue weighted by Gasteiger charge is -2.18. The minimum Gasteiger partial charge on any atom is -0.351 e. The highest BCUT2D eigenvalue weighted by atomic mass is 32.2. The van der Waals surface area contributed by atoms with Gasteiger partial charge in [0.2, 0.25) is 0 Å². The van der Waals surface area contributed by atoms with E-state index in [2.05, 4.69) is 29.1 Å². The number of aryl methyl sites for hydroxylation is 1. The summed E-state index contributed by atoms with van der Waals surface area (Å²) in [6.45, 7) is 4.33. The van der Waals surface area contributed by atoms with Crippen LogP contribution in [0, 0.1) is 5.92 Å². The molecule has 0 saturated carbocycles. The molecule has 0 fully saturated rings. The summed E-state index contributed by atoms with van der Waals surface area (Å²) in [6.07, 6.45) is 3.27. The van der Waals surface area contributed by atoms with E-state index in [9.17, 15) is 4.79 Å². The van der Waals surface area contributed by atoms with Gasteiger partial charge in [-0.25, -0.2) is 14.8 Å². The molecule has 3 rings (SSSR count). The maximum absolute atomic E-state index is 11.3.